The Morgan fingerprint density at radius 2 is 1.75 bits per heavy atom. The summed E-state index contributed by atoms with van der Waals surface area (Å²) >= 11 is 0. The van der Waals surface area contributed by atoms with Gasteiger partial charge in [0.25, 0.3) is 0 Å². The Hall–Kier alpha value is -1.88. The van der Waals surface area contributed by atoms with Gasteiger partial charge in [0.15, 0.2) is 0 Å². The number of hydrogen-bond donors (Lipinski definition) is 3. The SMILES string of the molecule is CC(C)(C)NCC(=O)NCCc1ccc(C(=O)O)cc1. The van der Waals surface area contributed by atoms with Crippen LogP contribution in [-0.4, -0.2) is 35.6 Å². The molecule has 110 valence electrons. The second kappa shape index (κ2) is 7.05. The number of hydrogen-bond acceptors (Lipinski definition) is 3. The molecule has 0 saturated carbocycles. The second-order valence-electron chi connectivity index (χ2n) is 5.71. The van der Waals surface area contributed by atoms with E-state index in [1.54, 1.807) is 24.3 Å². The van der Waals surface area contributed by atoms with Crippen molar-refractivity contribution in [1.29, 1.82) is 0 Å². The van der Waals surface area contributed by atoms with Crippen molar-refractivity contribution < 1.29 is 14.7 Å². The highest BCUT2D eigenvalue weighted by molar-refractivity contribution is 5.87. The van der Waals surface area contributed by atoms with Gasteiger partial charge >= 0.3 is 5.97 Å². The molecule has 1 amide bonds. The number of rotatable bonds is 6. The number of carbonyl (C=O) groups is 2. The minimum absolute atomic E-state index is 0.0397. The molecule has 0 saturated heterocycles. The quantitative estimate of drug-likeness (QED) is 0.735. The van der Waals surface area contributed by atoms with Gasteiger partial charge in [0.1, 0.15) is 0 Å². The molecule has 0 bridgehead atoms. The van der Waals surface area contributed by atoms with Gasteiger partial charge in [-0.1, -0.05) is 12.1 Å². The summed E-state index contributed by atoms with van der Waals surface area (Å²) in [6.07, 6.45) is 0.682. The number of amides is 1. The third-order valence-electron chi connectivity index (χ3n) is 2.72. The Balaban J connectivity index is 2.30. The highest BCUT2D eigenvalue weighted by atomic mass is 16.4. The average molecular weight is 278 g/mol. The molecule has 0 unspecified atom stereocenters. The predicted molar refractivity (Wildman–Crippen MR) is 77.9 cm³/mol. The summed E-state index contributed by atoms with van der Waals surface area (Å²) in [6.45, 7) is 6.84. The van der Waals surface area contributed by atoms with Gasteiger partial charge in [-0.2, -0.15) is 0 Å². The summed E-state index contributed by atoms with van der Waals surface area (Å²) in [5, 5.41) is 14.7. The summed E-state index contributed by atoms with van der Waals surface area (Å²) in [7, 11) is 0. The number of carboxylic acids is 1. The molecule has 0 atom stereocenters. The van der Waals surface area contributed by atoms with Crippen molar-refractivity contribution in [2.24, 2.45) is 0 Å². The molecule has 20 heavy (non-hydrogen) atoms. The Bertz CT molecular complexity index is 461. The summed E-state index contributed by atoms with van der Waals surface area (Å²) in [5.74, 6) is -0.972. The van der Waals surface area contributed by atoms with Crippen molar-refractivity contribution in [2.75, 3.05) is 13.1 Å². The molecule has 0 aliphatic rings. The van der Waals surface area contributed by atoms with Gasteiger partial charge < -0.3 is 15.7 Å². The summed E-state index contributed by atoms with van der Waals surface area (Å²) in [4.78, 5) is 22.3. The molecule has 1 rings (SSSR count). The van der Waals surface area contributed by atoms with E-state index in [4.69, 9.17) is 5.11 Å². The minimum Gasteiger partial charge on any atom is -0.478 e. The first-order valence-electron chi connectivity index (χ1n) is 6.62. The van der Waals surface area contributed by atoms with Crippen LogP contribution in [0.25, 0.3) is 0 Å². The zero-order chi connectivity index (χ0) is 15.2. The lowest BCUT2D eigenvalue weighted by Crippen LogP contribution is -2.43. The maximum absolute atomic E-state index is 11.6. The fraction of sp³-hybridized carbons (Fsp3) is 0.467. The molecular formula is C15H22N2O3. The average Bonchev–Trinajstić information content (AvgIpc) is 2.36. The van der Waals surface area contributed by atoms with Gasteiger partial charge in [-0.3, -0.25) is 4.79 Å². The van der Waals surface area contributed by atoms with Crippen LogP contribution >= 0.6 is 0 Å². The van der Waals surface area contributed by atoms with Crippen molar-refractivity contribution >= 4 is 11.9 Å². The van der Waals surface area contributed by atoms with Gasteiger partial charge in [-0.25, -0.2) is 4.79 Å². The number of aromatic carboxylic acids is 1. The Morgan fingerprint density at radius 1 is 1.15 bits per heavy atom. The lowest BCUT2D eigenvalue weighted by atomic mass is 10.1. The highest BCUT2D eigenvalue weighted by Crippen LogP contribution is 2.04. The van der Waals surface area contributed by atoms with E-state index in [-0.39, 0.29) is 17.0 Å². The van der Waals surface area contributed by atoms with E-state index < -0.39 is 5.97 Å². The summed E-state index contributed by atoms with van der Waals surface area (Å²) in [6, 6.07) is 6.67. The topological polar surface area (TPSA) is 78.4 Å². The van der Waals surface area contributed by atoms with Crippen molar-refractivity contribution in [2.45, 2.75) is 32.7 Å². The Morgan fingerprint density at radius 3 is 2.25 bits per heavy atom. The normalized spacial score (nSPS) is 11.2. The molecule has 0 aromatic heterocycles. The maximum Gasteiger partial charge on any atom is 0.335 e. The van der Waals surface area contributed by atoms with Gasteiger partial charge in [-0.05, 0) is 44.9 Å². The Kier molecular flexibility index (Phi) is 5.70. The molecule has 3 N–H and O–H groups in total. The van der Waals surface area contributed by atoms with Crippen molar-refractivity contribution in [3.8, 4) is 0 Å². The van der Waals surface area contributed by atoms with Crippen LogP contribution in [0.3, 0.4) is 0 Å². The largest absolute Gasteiger partial charge is 0.478 e. The Labute approximate surface area is 119 Å². The van der Waals surface area contributed by atoms with Crippen LogP contribution in [0.2, 0.25) is 0 Å². The first-order chi connectivity index (χ1) is 9.28. The van der Waals surface area contributed by atoms with Crippen LogP contribution in [0.15, 0.2) is 24.3 Å². The number of carbonyl (C=O) groups excluding carboxylic acids is 1. The minimum atomic E-state index is -0.932. The van der Waals surface area contributed by atoms with Crippen molar-refractivity contribution in [3.63, 3.8) is 0 Å². The van der Waals surface area contributed by atoms with Crippen LogP contribution in [0.5, 0.6) is 0 Å². The molecule has 1 aromatic rings. The molecular weight excluding hydrogens is 256 g/mol. The highest BCUT2D eigenvalue weighted by Gasteiger charge is 2.10. The zero-order valence-electron chi connectivity index (χ0n) is 12.2. The standard InChI is InChI=1S/C15H22N2O3/c1-15(2,3)17-10-13(18)16-9-8-11-4-6-12(7-5-11)14(19)20/h4-7,17H,8-10H2,1-3H3,(H,16,18)(H,19,20). The van der Waals surface area contributed by atoms with Crippen LogP contribution in [0.4, 0.5) is 0 Å². The molecule has 0 heterocycles. The maximum atomic E-state index is 11.6. The van der Waals surface area contributed by atoms with Crippen LogP contribution in [-0.2, 0) is 11.2 Å². The fourth-order valence-corrected chi connectivity index (χ4v) is 1.57. The summed E-state index contributed by atoms with van der Waals surface area (Å²) < 4.78 is 0. The van der Waals surface area contributed by atoms with E-state index in [0.717, 1.165) is 5.56 Å². The molecule has 0 aliphatic heterocycles. The van der Waals surface area contributed by atoms with E-state index in [1.165, 1.54) is 0 Å². The third-order valence-corrected chi connectivity index (χ3v) is 2.72. The van der Waals surface area contributed by atoms with Gasteiger partial charge in [0.05, 0.1) is 12.1 Å². The van der Waals surface area contributed by atoms with Gasteiger partial charge in [0, 0.05) is 12.1 Å². The number of benzene rings is 1. The van der Waals surface area contributed by atoms with Crippen LogP contribution in [0, 0.1) is 0 Å². The first-order valence-corrected chi connectivity index (χ1v) is 6.62. The van der Waals surface area contributed by atoms with Crippen molar-refractivity contribution in [1.82, 2.24) is 10.6 Å². The lowest BCUT2D eigenvalue weighted by molar-refractivity contribution is -0.120. The lowest BCUT2D eigenvalue weighted by Gasteiger charge is -2.20. The molecule has 5 nitrogen and oxygen atoms in total. The van der Waals surface area contributed by atoms with Crippen molar-refractivity contribution in [3.05, 3.63) is 35.4 Å². The fourth-order valence-electron chi connectivity index (χ4n) is 1.57. The first kappa shape index (κ1) is 16.2. The van der Waals surface area contributed by atoms with E-state index in [2.05, 4.69) is 10.6 Å². The number of carboxylic acid groups (broad SMARTS) is 1. The zero-order valence-corrected chi connectivity index (χ0v) is 12.2. The van der Waals surface area contributed by atoms with E-state index in [0.29, 0.717) is 19.5 Å². The molecule has 0 fully saturated rings. The van der Waals surface area contributed by atoms with E-state index in [1.807, 2.05) is 20.8 Å². The monoisotopic (exact) mass is 278 g/mol. The van der Waals surface area contributed by atoms with E-state index >= 15 is 0 Å². The molecule has 0 radical (unpaired) electrons. The van der Waals surface area contributed by atoms with Gasteiger partial charge in [0.2, 0.25) is 5.91 Å². The summed E-state index contributed by atoms with van der Waals surface area (Å²) in [5.41, 5.74) is 1.19. The van der Waals surface area contributed by atoms with E-state index in [9.17, 15) is 9.59 Å². The molecule has 1 aromatic carbocycles. The molecule has 5 heteroatoms. The third kappa shape index (κ3) is 6.33. The molecule has 0 spiro atoms. The van der Waals surface area contributed by atoms with Crippen LogP contribution in [0.1, 0.15) is 36.7 Å². The molecule has 0 aliphatic carbocycles. The van der Waals surface area contributed by atoms with Crippen LogP contribution < -0.4 is 10.6 Å². The second-order valence-corrected chi connectivity index (χ2v) is 5.71. The predicted octanol–water partition coefficient (Wildman–Crippen LogP) is 1.43. The number of nitrogens with one attached hydrogen (secondary N) is 2. The van der Waals surface area contributed by atoms with Gasteiger partial charge in [-0.15, -0.1) is 0 Å². The smallest absolute Gasteiger partial charge is 0.335 e.